The van der Waals surface area contributed by atoms with Crippen LogP contribution in [0.15, 0.2) is 30.5 Å². The lowest BCUT2D eigenvalue weighted by molar-refractivity contribution is 0.951. The normalized spacial score (nSPS) is 10.5. The summed E-state index contributed by atoms with van der Waals surface area (Å²) >= 11 is 5.83. The molecule has 0 radical (unpaired) electrons. The minimum absolute atomic E-state index is 0.222. The van der Waals surface area contributed by atoms with Gasteiger partial charge in [0, 0.05) is 10.6 Å². The summed E-state index contributed by atoms with van der Waals surface area (Å²) in [6.07, 6.45) is 1.38. The zero-order valence-corrected chi connectivity index (χ0v) is 10.3. The molecular formula is C12H7ClN6. The molecule has 0 aliphatic rings. The Morgan fingerprint density at radius 2 is 2.00 bits per heavy atom. The highest BCUT2D eigenvalue weighted by atomic mass is 35.5. The molecule has 0 saturated carbocycles. The Labute approximate surface area is 113 Å². The van der Waals surface area contributed by atoms with E-state index >= 15 is 0 Å². The molecule has 2 heterocycles. The third kappa shape index (κ3) is 1.86. The average Bonchev–Trinajstić information content (AvgIpc) is 2.85. The molecule has 6 nitrogen and oxygen atoms in total. The van der Waals surface area contributed by atoms with Gasteiger partial charge in [0.05, 0.1) is 6.20 Å². The van der Waals surface area contributed by atoms with Gasteiger partial charge in [-0.2, -0.15) is 14.8 Å². The van der Waals surface area contributed by atoms with Crippen LogP contribution in [0.4, 0.5) is 5.82 Å². The molecule has 0 atom stereocenters. The number of halogens is 1. The number of nitrogens with zero attached hydrogens (tertiary/aromatic N) is 5. The van der Waals surface area contributed by atoms with E-state index in [1.54, 1.807) is 24.3 Å². The van der Waals surface area contributed by atoms with E-state index in [1.165, 1.54) is 10.7 Å². The van der Waals surface area contributed by atoms with Gasteiger partial charge in [0.1, 0.15) is 17.5 Å². The number of nitrogen functional groups attached to an aromatic ring is 1. The van der Waals surface area contributed by atoms with E-state index < -0.39 is 0 Å². The maximum absolute atomic E-state index is 8.89. The molecular weight excluding hydrogens is 264 g/mol. The van der Waals surface area contributed by atoms with Crippen molar-refractivity contribution in [3.05, 3.63) is 41.0 Å². The molecule has 0 unspecified atom stereocenters. The van der Waals surface area contributed by atoms with Crippen molar-refractivity contribution in [3.8, 4) is 17.5 Å². The Morgan fingerprint density at radius 1 is 1.26 bits per heavy atom. The van der Waals surface area contributed by atoms with Crippen molar-refractivity contribution in [2.24, 2.45) is 0 Å². The molecule has 3 aromatic rings. The van der Waals surface area contributed by atoms with E-state index in [1.807, 2.05) is 6.07 Å². The molecule has 7 heteroatoms. The van der Waals surface area contributed by atoms with Gasteiger partial charge >= 0.3 is 0 Å². The van der Waals surface area contributed by atoms with Gasteiger partial charge in [0.2, 0.25) is 0 Å². The van der Waals surface area contributed by atoms with Crippen LogP contribution < -0.4 is 5.73 Å². The van der Waals surface area contributed by atoms with Gasteiger partial charge in [0.15, 0.2) is 5.82 Å². The summed E-state index contributed by atoms with van der Waals surface area (Å²) in [4.78, 5) is 8.29. The SMILES string of the molecule is N#Cc1cnc2nc(-c3ccc(Cl)cc3)nn2c1N. The summed E-state index contributed by atoms with van der Waals surface area (Å²) in [5, 5.41) is 13.8. The lowest BCUT2D eigenvalue weighted by Crippen LogP contribution is -2.03. The summed E-state index contributed by atoms with van der Waals surface area (Å²) in [6, 6.07) is 9.06. The summed E-state index contributed by atoms with van der Waals surface area (Å²) < 4.78 is 1.35. The van der Waals surface area contributed by atoms with Crippen LogP contribution in [0.2, 0.25) is 5.02 Å². The average molecular weight is 271 g/mol. The maximum Gasteiger partial charge on any atom is 0.254 e. The summed E-state index contributed by atoms with van der Waals surface area (Å²) in [5.41, 5.74) is 6.88. The monoisotopic (exact) mass is 270 g/mol. The van der Waals surface area contributed by atoms with Gasteiger partial charge in [-0.15, -0.1) is 5.10 Å². The Morgan fingerprint density at radius 3 is 2.68 bits per heavy atom. The van der Waals surface area contributed by atoms with Crippen molar-refractivity contribution in [2.75, 3.05) is 5.73 Å². The third-order valence-corrected chi connectivity index (χ3v) is 2.88. The zero-order chi connectivity index (χ0) is 13.4. The molecule has 3 rings (SSSR count). The molecule has 0 aliphatic heterocycles. The summed E-state index contributed by atoms with van der Waals surface area (Å²) in [5.74, 6) is 1.05. The Bertz CT molecular complexity index is 799. The van der Waals surface area contributed by atoms with Crippen LogP contribution in [0.3, 0.4) is 0 Å². The van der Waals surface area contributed by atoms with Gasteiger partial charge in [-0.25, -0.2) is 4.98 Å². The van der Waals surface area contributed by atoms with E-state index in [-0.39, 0.29) is 11.4 Å². The fourth-order valence-electron chi connectivity index (χ4n) is 1.66. The molecule has 1 aromatic carbocycles. The van der Waals surface area contributed by atoms with Crippen LogP contribution >= 0.6 is 11.6 Å². The fraction of sp³-hybridized carbons (Fsp3) is 0. The number of nitrogens with two attached hydrogens (primary N) is 1. The lowest BCUT2D eigenvalue weighted by Gasteiger charge is -1.97. The zero-order valence-electron chi connectivity index (χ0n) is 9.58. The second-order valence-corrected chi connectivity index (χ2v) is 4.26. The first-order valence-electron chi connectivity index (χ1n) is 5.36. The number of fused-ring (bicyclic) bond motifs is 1. The topological polar surface area (TPSA) is 92.9 Å². The van der Waals surface area contributed by atoms with Crippen LogP contribution in [0, 0.1) is 11.3 Å². The molecule has 0 amide bonds. The second-order valence-electron chi connectivity index (χ2n) is 3.82. The van der Waals surface area contributed by atoms with Crippen molar-refractivity contribution in [3.63, 3.8) is 0 Å². The van der Waals surface area contributed by atoms with E-state index in [4.69, 9.17) is 22.6 Å². The van der Waals surface area contributed by atoms with E-state index in [9.17, 15) is 0 Å². The van der Waals surface area contributed by atoms with Crippen LogP contribution in [-0.4, -0.2) is 19.6 Å². The van der Waals surface area contributed by atoms with Crippen molar-refractivity contribution in [1.82, 2.24) is 19.6 Å². The fourth-order valence-corrected chi connectivity index (χ4v) is 1.78. The Balaban J connectivity index is 2.20. The summed E-state index contributed by atoms with van der Waals surface area (Å²) in [6.45, 7) is 0. The summed E-state index contributed by atoms with van der Waals surface area (Å²) in [7, 11) is 0. The first-order chi connectivity index (χ1) is 9.19. The lowest BCUT2D eigenvalue weighted by atomic mass is 10.2. The highest BCUT2D eigenvalue weighted by molar-refractivity contribution is 6.30. The first kappa shape index (κ1) is 11.4. The predicted octanol–water partition coefficient (Wildman–Crippen LogP) is 1.90. The van der Waals surface area contributed by atoms with Gasteiger partial charge in [0.25, 0.3) is 5.78 Å². The predicted molar refractivity (Wildman–Crippen MR) is 70.4 cm³/mol. The number of hydrogen-bond acceptors (Lipinski definition) is 5. The van der Waals surface area contributed by atoms with Crippen LogP contribution in [-0.2, 0) is 0 Å². The number of nitriles is 1. The minimum atomic E-state index is 0.222. The molecule has 0 aliphatic carbocycles. The number of hydrogen-bond donors (Lipinski definition) is 1. The Kier molecular flexibility index (Phi) is 2.54. The highest BCUT2D eigenvalue weighted by Crippen LogP contribution is 2.20. The van der Waals surface area contributed by atoms with Crippen LogP contribution in [0.5, 0.6) is 0 Å². The molecule has 0 bridgehead atoms. The molecule has 2 aromatic heterocycles. The molecule has 92 valence electrons. The van der Waals surface area contributed by atoms with Crippen molar-refractivity contribution in [1.29, 1.82) is 5.26 Å². The second kappa shape index (κ2) is 4.23. The number of aromatic nitrogens is 4. The van der Waals surface area contributed by atoms with Gasteiger partial charge in [-0.05, 0) is 24.3 Å². The van der Waals surface area contributed by atoms with Gasteiger partial charge in [-0.1, -0.05) is 11.6 Å². The van der Waals surface area contributed by atoms with E-state index in [2.05, 4.69) is 15.1 Å². The molecule has 19 heavy (non-hydrogen) atoms. The quantitative estimate of drug-likeness (QED) is 0.729. The molecule has 0 spiro atoms. The van der Waals surface area contributed by atoms with E-state index in [0.717, 1.165) is 5.56 Å². The van der Waals surface area contributed by atoms with E-state index in [0.29, 0.717) is 16.6 Å². The maximum atomic E-state index is 8.89. The smallest absolute Gasteiger partial charge is 0.254 e. The molecule has 0 saturated heterocycles. The first-order valence-corrected chi connectivity index (χ1v) is 5.74. The highest BCUT2D eigenvalue weighted by Gasteiger charge is 2.11. The largest absolute Gasteiger partial charge is 0.382 e. The number of anilines is 1. The molecule has 2 N–H and O–H groups in total. The standard InChI is InChI=1S/C12H7ClN6/c13-9-3-1-7(2-4-9)11-17-12-16-6-8(5-14)10(15)19(12)18-11/h1-4,6H,15H2. The van der Waals surface area contributed by atoms with Crippen molar-refractivity contribution >= 4 is 23.2 Å². The Hall–Kier alpha value is -2.65. The number of rotatable bonds is 1. The minimum Gasteiger partial charge on any atom is -0.382 e. The van der Waals surface area contributed by atoms with Crippen molar-refractivity contribution < 1.29 is 0 Å². The van der Waals surface area contributed by atoms with Gasteiger partial charge in [-0.3, -0.25) is 0 Å². The third-order valence-electron chi connectivity index (χ3n) is 2.63. The van der Waals surface area contributed by atoms with Crippen LogP contribution in [0.25, 0.3) is 17.2 Å². The van der Waals surface area contributed by atoms with Gasteiger partial charge < -0.3 is 5.73 Å². The van der Waals surface area contributed by atoms with Crippen LogP contribution in [0.1, 0.15) is 5.56 Å². The van der Waals surface area contributed by atoms with Crippen molar-refractivity contribution in [2.45, 2.75) is 0 Å². The number of benzene rings is 1. The molecule has 0 fully saturated rings.